The molecular weight excluding hydrogens is 456 g/mol. The Morgan fingerprint density at radius 1 is 1.12 bits per heavy atom. The van der Waals surface area contributed by atoms with E-state index in [1.807, 2.05) is 36.4 Å². The van der Waals surface area contributed by atoms with E-state index in [1.54, 1.807) is 7.05 Å². The molecule has 1 aliphatic heterocycles. The predicted octanol–water partition coefficient (Wildman–Crippen LogP) is 3.38. The Balaban J connectivity index is 1.26. The minimum atomic E-state index is -1.04. The van der Waals surface area contributed by atoms with E-state index < -0.39 is 24.0 Å². The summed E-state index contributed by atoms with van der Waals surface area (Å²) in [7, 11) is 1.56. The van der Waals surface area contributed by atoms with Gasteiger partial charge in [-0.25, -0.2) is 9.59 Å². The summed E-state index contributed by atoms with van der Waals surface area (Å²) in [5.41, 5.74) is 4.68. The fourth-order valence-electron chi connectivity index (χ4n) is 4.46. The SMILES string of the molecule is Cn1nc(NC(=O)OCC2c3ccccc3-c3ccccc32)cc1C(=O)N1CSCC1C(=O)O. The van der Waals surface area contributed by atoms with Gasteiger partial charge in [-0.05, 0) is 22.3 Å². The van der Waals surface area contributed by atoms with E-state index in [0.29, 0.717) is 5.75 Å². The van der Waals surface area contributed by atoms with Crippen LogP contribution in [-0.2, 0) is 16.6 Å². The summed E-state index contributed by atoms with van der Waals surface area (Å²) in [6.07, 6.45) is -0.681. The Hall–Kier alpha value is -3.79. The minimum absolute atomic E-state index is 0.0698. The standard InChI is InChI=1S/C24H22N4O5S/c1-27-19(22(29)28-13-34-12-20(28)23(30)31)10-21(26-27)25-24(32)33-11-18-16-8-4-2-6-14(16)15-7-3-5-9-17(15)18/h2-10,18,20H,11-13H2,1H3,(H,30,31)(H,25,26,32). The number of carbonyl (C=O) groups excluding carboxylic acids is 2. The van der Waals surface area contributed by atoms with Crippen molar-refractivity contribution in [1.82, 2.24) is 14.7 Å². The molecule has 0 radical (unpaired) electrons. The van der Waals surface area contributed by atoms with Crippen LogP contribution in [0.25, 0.3) is 11.1 Å². The number of nitrogens with one attached hydrogen (secondary N) is 1. The van der Waals surface area contributed by atoms with Gasteiger partial charge >= 0.3 is 12.1 Å². The van der Waals surface area contributed by atoms with Crippen LogP contribution in [0.3, 0.4) is 0 Å². The van der Waals surface area contributed by atoms with Gasteiger partial charge in [-0.2, -0.15) is 5.10 Å². The van der Waals surface area contributed by atoms with Crippen LogP contribution in [-0.4, -0.2) is 62.0 Å². The first-order valence-electron chi connectivity index (χ1n) is 10.7. The first-order chi connectivity index (χ1) is 16.4. The molecule has 1 aromatic heterocycles. The molecule has 2 amide bonds. The lowest BCUT2D eigenvalue weighted by atomic mass is 9.98. The van der Waals surface area contributed by atoms with Gasteiger partial charge in [0.2, 0.25) is 0 Å². The molecular formula is C24H22N4O5S. The second kappa shape index (κ2) is 8.86. The molecule has 1 fully saturated rings. The second-order valence-corrected chi connectivity index (χ2v) is 9.12. The van der Waals surface area contributed by atoms with Crippen LogP contribution in [0.2, 0.25) is 0 Å². The molecule has 1 saturated heterocycles. The van der Waals surface area contributed by atoms with Crippen LogP contribution in [0.5, 0.6) is 0 Å². The molecule has 1 atom stereocenters. The third-order valence-electron chi connectivity index (χ3n) is 6.10. The van der Waals surface area contributed by atoms with Gasteiger partial charge in [-0.15, -0.1) is 11.8 Å². The highest BCUT2D eigenvalue weighted by atomic mass is 32.2. The smallest absolute Gasteiger partial charge is 0.412 e. The van der Waals surface area contributed by atoms with E-state index in [1.165, 1.54) is 27.4 Å². The van der Waals surface area contributed by atoms with Gasteiger partial charge in [-0.1, -0.05) is 48.5 Å². The number of hydrogen-bond donors (Lipinski definition) is 2. The number of aryl methyl sites for hydroxylation is 1. The highest BCUT2D eigenvalue weighted by molar-refractivity contribution is 7.99. The molecule has 9 nitrogen and oxygen atoms in total. The number of benzene rings is 2. The first-order valence-corrected chi connectivity index (χ1v) is 11.9. The molecule has 2 aromatic carbocycles. The van der Waals surface area contributed by atoms with Gasteiger partial charge < -0.3 is 14.7 Å². The van der Waals surface area contributed by atoms with E-state index in [-0.39, 0.29) is 29.9 Å². The van der Waals surface area contributed by atoms with Crippen molar-refractivity contribution in [3.63, 3.8) is 0 Å². The zero-order chi connectivity index (χ0) is 23.8. The number of ether oxygens (including phenoxy) is 1. The van der Waals surface area contributed by atoms with Crippen molar-refractivity contribution < 1.29 is 24.2 Å². The van der Waals surface area contributed by atoms with Crippen molar-refractivity contribution in [2.24, 2.45) is 7.05 Å². The van der Waals surface area contributed by atoms with Gasteiger partial charge in [0.05, 0.1) is 5.88 Å². The fraction of sp³-hybridized carbons (Fsp3) is 0.250. The Labute approximate surface area is 199 Å². The van der Waals surface area contributed by atoms with E-state index in [0.717, 1.165) is 22.3 Å². The van der Waals surface area contributed by atoms with Gasteiger partial charge in [0.25, 0.3) is 5.91 Å². The summed E-state index contributed by atoms with van der Waals surface area (Å²) in [6, 6.07) is 16.7. The van der Waals surface area contributed by atoms with Crippen molar-refractivity contribution in [2.75, 3.05) is 23.6 Å². The van der Waals surface area contributed by atoms with Gasteiger partial charge in [-0.3, -0.25) is 14.8 Å². The third kappa shape index (κ3) is 3.90. The van der Waals surface area contributed by atoms with E-state index >= 15 is 0 Å². The van der Waals surface area contributed by atoms with Crippen LogP contribution < -0.4 is 5.32 Å². The number of nitrogens with zero attached hydrogens (tertiary/aromatic N) is 3. The highest BCUT2D eigenvalue weighted by Gasteiger charge is 2.36. The average molecular weight is 479 g/mol. The summed E-state index contributed by atoms with van der Waals surface area (Å²) in [4.78, 5) is 38.1. The highest BCUT2D eigenvalue weighted by Crippen LogP contribution is 2.44. The Morgan fingerprint density at radius 2 is 1.76 bits per heavy atom. The largest absolute Gasteiger partial charge is 0.480 e. The van der Waals surface area contributed by atoms with Crippen molar-refractivity contribution in [2.45, 2.75) is 12.0 Å². The quantitative estimate of drug-likeness (QED) is 0.578. The zero-order valence-corrected chi connectivity index (χ0v) is 19.1. The fourth-order valence-corrected chi connectivity index (χ4v) is 5.61. The molecule has 0 spiro atoms. The van der Waals surface area contributed by atoms with Crippen LogP contribution >= 0.6 is 11.8 Å². The van der Waals surface area contributed by atoms with Crippen molar-refractivity contribution in [3.05, 3.63) is 71.4 Å². The number of hydrogen-bond acceptors (Lipinski definition) is 6. The van der Waals surface area contributed by atoms with Crippen LogP contribution in [0.15, 0.2) is 54.6 Å². The number of aromatic nitrogens is 2. The molecule has 10 heteroatoms. The van der Waals surface area contributed by atoms with Crippen LogP contribution in [0.1, 0.15) is 27.5 Å². The van der Waals surface area contributed by atoms with E-state index in [9.17, 15) is 19.5 Å². The number of fused-ring (bicyclic) bond motifs is 3. The van der Waals surface area contributed by atoms with Gasteiger partial charge in [0, 0.05) is 24.8 Å². The Morgan fingerprint density at radius 3 is 2.41 bits per heavy atom. The topological polar surface area (TPSA) is 114 Å². The number of aliphatic carboxylic acids is 1. The summed E-state index contributed by atoms with van der Waals surface area (Å²) in [5, 5.41) is 16.1. The predicted molar refractivity (Wildman–Crippen MR) is 127 cm³/mol. The van der Waals surface area contributed by atoms with E-state index in [2.05, 4.69) is 22.5 Å². The molecule has 0 bridgehead atoms. The zero-order valence-electron chi connectivity index (χ0n) is 18.3. The lowest BCUT2D eigenvalue weighted by molar-refractivity contribution is -0.140. The van der Waals surface area contributed by atoms with Crippen molar-refractivity contribution >= 4 is 35.5 Å². The Bertz CT molecular complexity index is 1240. The number of thioether (sulfide) groups is 1. The first kappa shape index (κ1) is 22.0. The van der Waals surface area contributed by atoms with Gasteiger partial charge in [0.15, 0.2) is 5.82 Å². The van der Waals surface area contributed by atoms with E-state index in [4.69, 9.17) is 4.74 Å². The summed E-state index contributed by atoms with van der Waals surface area (Å²) >= 11 is 1.38. The molecule has 3 aromatic rings. The molecule has 5 rings (SSSR count). The number of carboxylic acid groups (broad SMARTS) is 1. The molecule has 174 valence electrons. The van der Waals surface area contributed by atoms with Crippen molar-refractivity contribution in [1.29, 1.82) is 0 Å². The number of anilines is 1. The average Bonchev–Trinajstić information content (AvgIpc) is 3.53. The molecule has 1 aliphatic carbocycles. The Kier molecular flexibility index (Phi) is 5.74. The number of carboxylic acids is 1. The summed E-state index contributed by atoms with van der Waals surface area (Å²) in [5.74, 6) is -0.785. The third-order valence-corrected chi connectivity index (χ3v) is 7.11. The molecule has 2 aliphatic rings. The maximum Gasteiger partial charge on any atom is 0.412 e. The second-order valence-electron chi connectivity index (χ2n) is 8.12. The maximum atomic E-state index is 12.9. The molecule has 2 heterocycles. The van der Waals surface area contributed by atoms with Crippen LogP contribution in [0, 0.1) is 0 Å². The summed E-state index contributed by atoms with van der Waals surface area (Å²) < 4.78 is 6.85. The lowest BCUT2D eigenvalue weighted by Crippen LogP contribution is -2.42. The van der Waals surface area contributed by atoms with Crippen molar-refractivity contribution in [3.8, 4) is 11.1 Å². The molecule has 1 unspecified atom stereocenters. The number of amides is 2. The van der Waals surface area contributed by atoms with Crippen LogP contribution in [0.4, 0.5) is 10.6 Å². The molecule has 34 heavy (non-hydrogen) atoms. The molecule has 0 saturated carbocycles. The number of rotatable bonds is 5. The summed E-state index contributed by atoms with van der Waals surface area (Å²) in [6.45, 7) is 0.157. The van der Waals surface area contributed by atoms with Gasteiger partial charge in [0.1, 0.15) is 18.3 Å². The monoisotopic (exact) mass is 478 g/mol. The minimum Gasteiger partial charge on any atom is -0.480 e. The maximum absolute atomic E-state index is 12.9. The number of carbonyl (C=O) groups is 3. The normalized spacial score (nSPS) is 16.7. The lowest BCUT2D eigenvalue weighted by Gasteiger charge is -2.20. The molecule has 2 N–H and O–H groups in total.